The zero-order chi connectivity index (χ0) is 24.7. The first-order chi connectivity index (χ1) is 16.0. The van der Waals surface area contributed by atoms with Crippen molar-refractivity contribution in [2.75, 3.05) is 0 Å². The molecule has 4 rings (SSSR count). The number of fused-ring (bicyclic) bond motifs is 1. The Bertz CT molecular complexity index is 1320. The second kappa shape index (κ2) is 9.05. The third-order valence-corrected chi connectivity index (χ3v) is 8.70. The molecule has 0 saturated carbocycles. The summed E-state index contributed by atoms with van der Waals surface area (Å²) in [6.45, 7) is 1.72. The molecule has 0 saturated heterocycles. The van der Waals surface area contributed by atoms with Gasteiger partial charge in [-0.25, -0.2) is 8.42 Å². The maximum Gasteiger partial charge on any atom is 0.416 e. The number of ether oxygens (including phenoxy) is 1. The molecule has 0 spiro atoms. The van der Waals surface area contributed by atoms with Crippen LogP contribution in [0.15, 0.2) is 59.5 Å². The van der Waals surface area contributed by atoms with Gasteiger partial charge in [-0.15, -0.1) is 11.3 Å². The number of carboxylic acid groups (broad SMARTS) is 1. The lowest BCUT2D eigenvalue weighted by atomic mass is 10.1. The van der Waals surface area contributed by atoms with Gasteiger partial charge in [0, 0.05) is 9.75 Å². The zero-order valence-electron chi connectivity index (χ0n) is 17.9. The summed E-state index contributed by atoms with van der Waals surface area (Å²) in [6.07, 6.45) is -4.28. The smallest absolute Gasteiger partial charge is 0.416 e. The number of nitrogens with zero attached hydrogens (tertiary/aromatic N) is 1. The van der Waals surface area contributed by atoms with E-state index in [1.807, 2.05) is 0 Å². The Kier molecular flexibility index (Phi) is 6.45. The fraction of sp³-hybridized carbons (Fsp3) is 0.261. The van der Waals surface area contributed by atoms with Crippen LogP contribution in [0.2, 0.25) is 0 Å². The SMILES string of the molecule is CCC(C(=O)O)N1Cc2sc(-c3ccc(COc4cccc(C(F)(F)F)c4)cc3)cc2S1(=O)=O. The number of sulfonamides is 1. The lowest BCUT2D eigenvalue weighted by molar-refractivity contribution is -0.141. The first-order valence-corrected chi connectivity index (χ1v) is 12.5. The van der Waals surface area contributed by atoms with Gasteiger partial charge in [0.15, 0.2) is 0 Å². The monoisotopic (exact) mass is 511 g/mol. The molecule has 0 fully saturated rings. The third kappa shape index (κ3) is 4.68. The van der Waals surface area contributed by atoms with Crippen LogP contribution in [0.25, 0.3) is 10.4 Å². The molecular weight excluding hydrogens is 491 g/mol. The van der Waals surface area contributed by atoms with Crippen molar-refractivity contribution in [3.63, 3.8) is 0 Å². The van der Waals surface area contributed by atoms with Crippen LogP contribution in [-0.4, -0.2) is 29.8 Å². The number of thiophene rings is 1. The highest BCUT2D eigenvalue weighted by atomic mass is 32.2. The molecule has 0 aliphatic carbocycles. The number of carboxylic acids is 1. The van der Waals surface area contributed by atoms with Gasteiger partial charge in [0.2, 0.25) is 10.0 Å². The molecule has 1 unspecified atom stereocenters. The first kappa shape index (κ1) is 24.2. The van der Waals surface area contributed by atoms with Crippen LogP contribution in [0.5, 0.6) is 5.75 Å². The summed E-state index contributed by atoms with van der Waals surface area (Å²) in [5, 5.41) is 9.34. The zero-order valence-corrected chi connectivity index (χ0v) is 19.5. The number of benzene rings is 2. The minimum absolute atomic E-state index is 0.0239. The predicted molar refractivity (Wildman–Crippen MR) is 120 cm³/mol. The highest BCUT2D eigenvalue weighted by Crippen LogP contribution is 2.42. The maximum absolute atomic E-state index is 12.9. The summed E-state index contributed by atoms with van der Waals surface area (Å²) in [6, 6.07) is 12.2. The Morgan fingerprint density at radius 2 is 1.88 bits per heavy atom. The van der Waals surface area contributed by atoms with Crippen LogP contribution < -0.4 is 4.74 Å². The predicted octanol–water partition coefficient (Wildman–Crippen LogP) is 5.38. The van der Waals surface area contributed by atoms with Crippen LogP contribution in [0, 0.1) is 0 Å². The van der Waals surface area contributed by atoms with E-state index in [4.69, 9.17) is 4.74 Å². The van der Waals surface area contributed by atoms with Crippen molar-refractivity contribution in [2.45, 2.75) is 43.6 Å². The van der Waals surface area contributed by atoms with Gasteiger partial charge in [-0.1, -0.05) is 37.3 Å². The van der Waals surface area contributed by atoms with Crippen LogP contribution in [-0.2, 0) is 34.1 Å². The molecule has 1 aliphatic heterocycles. The highest BCUT2D eigenvalue weighted by Gasteiger charge is 2.43. The van der Waals surface area contributed by atoms with Gasteiger partial charge in [-0.2, -0.15) is 17.5 Å². The topological polar surface area (TPSA) is 83.9 Å². The largest absolute Gasteiger partial charge is 0.489 e. The highest BCUT2D eigenvalue weighted by molar-refractivity contribution is 7.89. The van der Waals surface area contributed by atoms with Crippen molar-refractivity contribution >= 4 is 27.3 Å². The number of halogens is 3. The van der Waals surface area contributed by atoms with Crippen LogP contribution in [0.1, 0.15) is 29.3 Å². The fourth-order valence-corrected chi connectivity index (χ4v) is 7.11. The number of alkyl halides is 3. The van der Waals surface area contributed by atoms with Gasteiger partial charge in [-0.05, 0) is 41.8 Å². The van der Waals surface area contributed by atoms with Crippen molar-refractivity contribution in [3.05, 3.63) is 70.6 Å². The van der Waals surface area contributed by atoms with E-state index >= 15 is 0 Å². The standard InChI is InChI=1S/C23H20F3NO5S2/c1-2-18(22(28)29)27-12-20-21(34(27,30)31)11-19(33-20)15-8-6-14(7-9-15)13-32-17-5-3-4-16(10-17)23(24,25)26/h3-11,18H,2,12-13H2,1H3,(H,28,29). The van der Waals surface area contributed by atoms with Gasteiger partial charge in [0.05, 0.1) is 17.0 Å². The molecule has 0 radical (unpaired) electrons. The van der Waals surface area contributed by atoms with E-state index in [0.29, 0.717) is 4.88 Å². The molecule has 34 heavy (non-hydrogen) atoms. The Morgan fingerprint density at radius 1 is 1.18 bits per heavy atom. The van der Waals surface area contributed by atoms with Crippen molar-refractivity contribution < 1.29 is 36.2 Å². The molecule has 180 valence electrons. The molecule has 3 aromatic rings. The van der Waals surface area contributed by atoms with Gasteiger partial charge < -0.3 is 9.84 Å². The molecule has 1 atom stereocenters. The first-order valence-electron chi connectivity index (χ1n) is 10.3. The quantitative estimate of drug-likeness (QED) is 0.461. The van der Waals surface area contributed by atoms with E-state index in [2.05, 4.69) is 0 Å². The van der Waals surface area contributed by atoms with Crippen LogP contribution in [0.3, 0.4) is 0 Å². The molecule has 1 N–H and O–H groups in total. The van der Waals surface area contributed by atoms with Crippen molar-refractivity contribution in [2.24, 2.45) is 0 Å². The molecule has 2 heterocycles. The number of carbonyl (C=O) groups is 1. The third-order valence-electron chi connectivity index (χ3n) is 5.48. The van der Waals surface area contributed by atoms with Gasteiger partial charge >= 0.3 is 12.1 Å². The minimum Gasteiger partial charge on any atom is -0.489 e. The summed E-state index contributed by atoms with van der Waals surface area (Å²) in [7, 11) is -3.89. The Morgan fingerprint density at radius 3 is 2.47 bits per heavy atom. The molecule has 1 aromatic heterocycles. The van der Waals surface area contributed by atoms with E-state index in [0.717, 1.165) is 32.4 Å². The van der Waals surface area contributed by atoms with Crippen molar-refractivity contribution in [1.82, 2.24) is 4.31 Å². The number of hydrogen-bond donors (Lipinski definition) is 1. The second-order valence-corrected chi connectivity index (χ2v) is 10.7. The minimum atomic E-state index is -4.45. The van der Waals surface area contributed by atoms with Gasteiger partial charge in [0.1, 0.15) is 18.4 Å². The maximum atomic E-state index is 12.9. The van der Waals surface area contributed by atoms with Crippen molar-refractivity contribution in [3.8, 4) is 16.2 Å². The normalized spacial score (nSPS) is 16.2. The average molecular weight is 512 g/mol. The molecule has 6 nitrogen and oxygen atoms in total. The molecule has 0 bridgehead atoms. The van der Waals surface area contributed by atoms with E-state index in [9.17, 15) is 31.5 Å². The van der Waals surface area contributed by atoms with E-state index in [-0.39, 0.29) is 30.2 Å². The number of hydrogen-bond acceptors (Lipinski definition) is 5. The summed E-state index contributed by atoms with van der Waals surface area (Å²) in [4.78, 5) is 12.9. The van der Waals surface area contributed by atoms with Gasteiger partial charge in [0.25, 0.3) is 0 Å². The number of aliphatic carboxylic acids is 1. The summed E-state index contributed by atoms with van der Waals surface area (Å²) < 4.78 is 70.8. The summed E-state index contributed by atoms with van der Waals surface area (Å²) in [5.74, 6) is -1.07. The molecular formula is C23H20F3NO5S2. The van der Waals surface area contributed by atoms with Gasteiger partial charge in [-0.3, -0.25) is 4.79 Å². The van der Waals surface area contributed by atoms with E-state index < -0.39 is 33.8 Å². The fourth-order valence-electron chi connectivity index (χ4n) is 3.71. The summed E-state index contributed by atoms with van der Waals surface area (Å²) in [5.41, 5.74) is 0.721. The Hall–Kier alpha value is -2.89. The lowest BCUT2D eigenvalue weighted by Crippen LogP contribution is -2.40. The van der Waals surface area contributed by atoms with Crippen LogP contribution >= 0.6 is 11.3 Å². The second-order valence-electron chi connectivity index (χ2n) is 7.72. The number of rotatable bonds is 7. The molecule has 0 amide bonds. The average Bonchev–Trinajstić information content (AvgIpc) is 3.31. The Balaban J connectivity index is 1.47. The van der Waals surface area contributed by atoms with Crippen LogP contribution in [0.4, 0.5) is 13.2 Å². The lowest BCUT2D eigenvalue weighted by Gasteiger charge is -2.21. The molecule has 11 heteroatoms. The molecule has 2 aromatic carbocycles. The van der Waals surface area contributed by atoms with E-state index in [1.54, 1.807) is 37.3 Å². The van der Waals surface area contributed by atoms with E-state index in [1.165, 1.54) is 23.5 Å². The molecule has 1 aliphatic rings. The van der Waals surface area contributed by atoms with Crippen molar-refractivity contribution in [1.29, 1.82) is 0 Å². The summed E-state index contributed by atoms with van der Waals surface area (Å²) >= 11 is 1.29. The Labute approximate surface area is 198 Å².